The van der Waals surface area contributed by atoms with E-state index in [0.717, 1.165) is 0 Å². The summed E-state index contributed by atoms with van der Waals surface area (Å²) in [6, 6.07) is 21.0. The Hall–Kier alpha value is -1.88. The van der Waals surface area contributed by atoms with Crippen molar-refractivity contribution in [1.29, 1.82) is 5.26 Å². The SMILES string of the molecule is CC(C)(C)C(C)(C#N)NP(=O)(c1ccccc1)c1ccccc1. The van der Waals surface area contributed by atoms with Crippen molar-refractivity contribution in [2.45, 2.75) is 33.2 Å². The third-order valence-corrected chi connectivity index (χ3v) is 7.16. The van der Waals surface area contributed by atoms with E-state index < -0.39 is 12.8 Å². The Kier molecular flexibility index (Phi) is 4.80. The van der Waals surface area contributed by atoms with Crippen molar-refractivity contribution in [3.63, 3.8) is 0 Å². The van der Waals surface area contributed by atoms with Crippen LogP contribution in [0.5, 0.6) is 0 Å². The number of hydrogen-bond donors (Lipinski definition) is 1. The third-order valence-electron chi connectivity index (χ3n) is 4.34. The van der Waals surface area contributed by atoms with E-state index in [9.17, 15) is 9.83 Å². The van der Waals surface area contributed by atoms with Gasteiger partial charge < -0.3 is 0 Å². The summed E-state index contributed by atoms with van der Waals surface area (Å²) in [6.45, 7) is 7.74. The second-order valence-electron chi connectivity index (χ2n) is 6.88. The molecule has 1 unspecified atom stereocenters. The molecule has 1 atom stereocenters. The summed E-state index contributed by atoms with van der Waals surface area (Å²) in [5.74, 6) is 0. The summed E-state index contributed by atoms with van der Waals surface area (Å²) in [6.07, 6.45) is 0. The standard InChI is InChI=1S/C19H23N2OP/c1-18(2,3)19(4,15-20)21-23(22,16-11-7-5-8-12-16)17-13-9-6-10-14-17/h5-14H,1-4H3,(H,21,22). The largest absolute Gasteiger partial charge is 0.296 e. The highest BCUT2D eigenvalue weighted by molar-refractivity contribution is 7.77. The summed E-state index contributed by atoms with van der Waals surface area (Å²) >= 11 is 0. The molecule has 1 N–H and O–H groups in total. The monoisotopic (exact) mass is 326 g/mol. The van der Waals surface area contributed by atoms with Crippen LogP contribution in [-0.4, -0.2) is 5.54 Å². The summed E-state index contributed by atoms with van der Waals surface area (Å²) in [4.78, 5) is 0. The Bertz CT molecular complexity index is 701. The van der Waals surface area contributed by atoms with Gasteiger partial charge in [0.1, 0.15) is 5.54 Å². The van der Waals surface area contributed by atoms with Gasteiger partial charge in [0, 0.05) is 10.6 Å². The van der Waals surface area contributed by atoms with E-state index >= 15 is 0 Å². The van der Waals surface area contributed by atoms with Crippen LogP contribution in [0, 0.1) is 16.7 Å². The van der Waals surface area contributed by atoms with Gasteiger partial charge in [0.15, 0.2) is 0 Å². The second-order valence-corrected chi connectivity index (χ2v) is 9.35. The first-order valence-electron chi connectivity index (χ1n) is 7.65. The van der Waals surface area contributed by atoms with Gasteiger partial charge in [0.05, 0.1) is 6.07 Å². The molecule has 0 aliphatic heterocycles. The molecule has 0 aliphatic rings. The van der Waals surface area contributed by atoms with E-state index in [1.165, 1.54) is 0 Å². The third kappa shape index (κ3) is 3.39. The molecule has 2 aromatic carbocycles. The smallest absolute Gasteiger partial charge is 0.205 e. The first-order valence-corrected chi connectivity index (χ1v) is 9.36. The highest BCUT2D eigenvalue weighted by Gasteiger charge is 2.44. The number of nitriles is 1. The van der Waals surface area contributed by atoms with Gasteiger partial charge in [0.2, 0.25) is 7.29 Å². The number of benzene rings is 2. The minimum absolute atomic E-state index is 0.374. The van der Waals surface area contributed by atoms with E-state index in [-0.39, 0.29) is 5.41 Å². The van der Waals surface area contributed by atoms with Crippen molar-refractivity contribution >= 4 is 17.9 Å². The molecular formula is C19H23N2OP. The molecule has 120 valence electrons. The lowest BCUT2D eigenvalue weighted by Crippen LogP contribution is -2.52. The van der Waals surface area contributed by atoms with Gasteiger partial charge in [-0.05, 0) is 36.6 Å². The summed E-state index contributed by atoms with van der Waals surface area (Å²) in [5, 5.41) is 14.4. The Balaban J connectivity index is 2.62. The number of rotatable bonds is 4. The molecule has 0 heterocycles. The molecule has 0 spiro atoms. The normalized spacial score (nSPS) is 14.7. The molecular weight excluding hydrogens is 303 g/mol. The number of nitrogens with zero attached hydrogens (tertiary/aromatic N) is 1. The van der Waals surface area contributed by atoms with Gasteiger partial charge >= 0.3 is 0 Å². The van der Waals surface area contributed by atoms with Crippen LogP contribution in [0.4, 0.5) is 0 Å². The minimum atomic E-state index is -3.13. The van der Waals surface area contributed by atoms with Crippen LogP contribution in [0.3, 0.4) is 0 Å². The van der Waals surface area contributed by atoms with Crippen LogP contribution in [0.1, 0.15) is 27.7 Å². The van der Waals surface area contributed by atoms with Gasteiger partial charge in [-0.15, -0.1) is 0 Å². The van der Waals surface area contributed by atoms with Crippen LogP contribution >= 0.6 is 7.29 Å². The van der Waals surface area contributed by atoms with E-state index in [2.05, 4.69) is 11.2 Å². The average Bonchev–Trinajstić information content (AvgIpc) is 2.55. The molecule has 0 aliphatic carbocycles. The van der Waals surface area contributed by atoms with Gasteiger partial charge in [-0.1, -0.05) is 57.2 Å². The fourth-order valence-electron chi connectivity index (χ4n) is 2.23. The molecule has 0 saturated heterocycles. The summed E-state index contributed by atoms with van der Waals surface area (Å²) in [7, 11) is -3.13. The van der Waals surface area contributed by atoms with Crippen molar-refractivity contribution in [1.82, 2.24) is 5.09 Å². The maximum absolute atomic E-state index is 14.0. The molecule has 0 radical (unpaired) electrons. The van der Waals surface area contributed by atoms with Crippen LogP contribution in [0.15, 0.2) is 60.7 Å². The van der Waals surface area contributed by atoms with Crippen LogP contribution in [0.25, 0.3) is 0 Å². The first kappa shape index (κ1) is 17.5. The quantitative estimate of drug-likeness (QED) is 0.869. The van der Waals surface area contributed by atoms with Gasteiger partial charge in [-0.25, -0.2) is 5.09 Å². The van der Waals surface area contributed by atoms with E-state index in [1.807, 2.05) is 88.4 Å². The fraction of sp³-hybridized carbons (Fsp3) is 0.316. The predicted octanol–water partition coefficient (Wildman–Crippen LogP) is 3.83. The van der Waals surface area contributed by atoms with Crippen molar-refractivity contribution in [2.24, 2.45) is 5.41 Å². The van der Waals surface area contributed by atoms with E-state index in [0.29, 0.717) is 10.6 Å². The zero-order valence-electron chi connectivity index (χ0n) is 14.1. The average molecular weight is 326 g/mol. The molecule has 0 amide bonds. The maximum atomic E-state index is 14.0. The van der Waals surface area contributed by atoms with Crippen LogP contribution in [-0.2, 0) is 4.57 Å². The van der Waals surface area contributed by atoms with E-state index in [4.69, 9.17) is 0 Å². The first-order chi connectivity index (χ1) is 10.7. The second kappa shape index (κ2) is 6.32. The molecule has 0 bridgehead atoms. The lowest BCUT2D eigenvalue weighted by Gasteiger charge is -2.39. The van der Waals surface area contributed by atoms with Crippen molar-refractivity contribution in [3.8, 4) is 6.07 Å². The Morgan fingerprint density at radius 1 is 0.870 bits per heavy atom. The molecule has 2 aromatic rings. The predicted molar refractivity (Wildman–Crippen MR) is 96.4 cm³/mol. The van der Waals surface area contributed by atoms with Crippen molar-refractivity contribution < 1.29 is 4.57 Å². The molecule has 4 heteroatoms. The zero-order valence-corrected chi connectivity index (χ0v) is 15.0. The lowest BCUT2D eigenvalue weighted by atomic mass is 9.77. The highest BCUT2D eigenvalue weighted by atomic mass is 31.2. The molecule has 0 aromatic heterocycles. The van der Waals surface area contributed by atoms with Crippen LogP contribution < -0.4 is 15.7 Å². The molecule has 2 rings (SSSR count). The van der Waals surface area contributed by atoms with Gasteiger partial charge in [0.25, 0.3) is 0 Å². The van der Waals surface area contributed by atoms with Crippen LogP contribution in [0.2, 0.25) is 0 Å². The van der Waals surface area contributed by atoms with E-state index in [1.54, 1.807) is 0 Å². The molecule has 0 fully saturated rings. The Labute approximate surface area is 138 Å². The highest BCUT2D eigenvalue weighted by Crippen LogP contribution is 2.45. The maximum Gasteiger partial charge on any atom is 0.205 e. The Morgan fingerprint density at radius 2 is 1.26 bits per heavy atom. The fourth-order valence-corrected chi connectivity index (χ4v) is 4.98. The summed E-state index contributed by atoms with van der Waals surface area (Å²) < 4.78 is 14.0. The minimum Gasteiger partial charge on any atom is -0.296 e. The molecule has 0 saturated carbocycles. The Morgan fingerprint density at radius 3 is 1.57 bits per heavy atom. The zero-order chi connectivity index (χ0) is 17.1. The number of hydrogen-bond acceptors (Lipinski definition) is 2. The van der Waals surface area contributed by atoms with Crippen molar-refractivity contribution in [3.05, 3.63) is 60.7 Å². The molecule has 3 nitrogen and oxygen atoms in total. The van der Waals surface area contributed by atoms with Gasteiger partial charge in [-0.3, -0.25) is 4.57 Å². The topological polar surface area (TPSA) is 52.9 Å². The summed E-state index contributed by atoms with van der Waals surface area (Å²) in [5.41, 5.74) is -1.31. The lowest BCUT2D eigenvalue weighted by molar-refractivity contribution is 0.248. The van der Waals surface area contributed by atoms with Crippen molar-refractivity contribution in [2.75, 3.05) is 0 Å². The number of nitrogens with one attached hydrogen (secondary N) is 1. The van der Waals surface area contributed by atoms with Gasteiger partial charge in [-0.2, -0.15) is 5.26 Å². The molecule has 23 heavy (non-hydrogen) atoms.